The first-order valence-corrected chi connectivity index (χ1v) is 8.58. The number of pyridine rings is 1. The second-order valence-corrected chi connectivity index (χ2v) is 7.05. The lowest BCUT2D eigenvalue weighted by Gasteiger charge is -2.33. The van der Waals surface area contributed by atoms with E-state index in [-0.39, 0.29) is 24.3 Å². The molecular weight excluding hydrogens is 348 g/mol. The van der Waals surface area contributed by atoms with Gasteiger partial charge in [0.25, 0.3) is 0 Å². The molecule has 1 saturated heterocycles. The highest BCUT2D eigenvalue weighted by Crippen LogP contribution is 2.53. The number of aryl methyl sites for hydroxylation is 1. The van der Waals surface area contributed by atoms with Crippen molar-refractivity contribution in [3.63, 3.8) is 0 Å². The minimum atomic E-state index is -2.06. The van der Waals surface area contributed by atoms with Crippen LogP contribution in [0.1, 0.15) is 36.1 Å². The van der Waals surface area contributed by atoms with E-state index in [0.717, 1.165) is 0 Å². The summed E-state index contributed by atoms with van der Waals surface area (Å²) in [4.78, 5) is 17.0. The average molecular weight is 364 g/mol. The van der Waals surface area contributed by atoms with Gasteiger partial charge in [-0.15, -0.1) is 0 Å². The molecule has 6 heteroatoms. The molecular formula is C19H16ClF2NO2. The third-order valence-corrected chi connectivity index (χ3v) is 5.46. The fourth-order valence-corrected chi connectivity index (χ4v) is 3.81. The number of carbonyl (C=O) groups excluding carboxylic acids is 1. The summed E-state index contributed by atoms with van der Waals surface area (Å²) in [7, 11) is 0. The predicted molar refractivity (Wildman–Crippen MR) is 88.6 cm³/mol. The number of ketones is 1. The van der Waals surface area contributed by atoms with Crippen LogP contribution in [0.15, 0.2) is 36.5 Å². The van der Waals surface area contributed by atoms with Gasteiger partial charge in [0.1, 0.15) is 11.4 Å². The van der Waals surface area contributed by atoms with Crippen LogP contribution in [0.4, 0.5) is 8.78 Å². The number of hydrogen-bond donors (Lipinski definition) is 0. The minimum absolute atomic E-state index is 0.00988. The van der Waals surface area contributed by atoms with Crippen LogP contribution in [0.3, 0.4) is 0 Å². The van der Waals surface area contributed by atoms with Crippen LogP contribution in [0, 0.1) is 5.82 Å². The third kappa shape index (κ3) is 2.75. The molecule has 1 aromatic heterocycles. The van der Waals surface area contributed by atoms with Crippen molar-refractivity contribution in [3.05, 3.63) is 64.2 Å². The van der Waals surface area contributed by atoms with E-state index in [2.05, 4.69) is 4.98 Å². The Balaban J connectivity index is 1.57. The predicted octanol–water partition coefficient (Wildman–Crippen LogP) is 4.26. The van der Waals surface area contributed by atoms with E-state index in [1.54, 1.807) is 18.3 Å². The molecule has 0 N–H and O–H groups in total. The Labute approximate surface area is 149 Å². The molecule has 130 valence electrons. The van der Waals surface area contributed by atoms with Gasteiger partial charge in [-0.25, -0.2) is 8.78 Å². The normalized spacial score (nSPS) is 27.2. The molecule has 0 saturated carbocycles. The second kappa shape index (κ2) is 5.85. The number of halogens is 3. The van der Waals surface area contributed by atoms with E-state index in [4.69, 9.17) is 16.3 Å². The molecule has 1 spiro atoms. The van der Waals surface area contributed by atoms with Crippen molar-refractivity contribution in [1.82, 2.24) is 4.98 Å². The summed E-state index contributed by atoms with van der Waals surface area (Å²) in [5.74, 6) is -0.943. The number of alkyl halides is 1. The Morgan fingerprint density at radius 2 is 2.12 bits per heavy atom. The number of rotatable bonds is 4. The van der Waals surface area contributed by atoms with Crippen LogP contribution in [0.5, 0.6) is 0 Å². The lowest BCUT2D eigenvalue weighted by molar-refractivity contribution is -0.132. The number of fused-ring (bicyclic) bond motifs is 2. The molecule has 1 aliphatic carbocycles. The van der Waals surface area contributed by atoms with Crippen LogP contribution in [0.25, 0.3) is 0 Å². The Hall–Kier alpha value is -1.85. The summed E-state index contributed by atoms with van der Waals surface area (Å²) in [5, 5.41) is 0.247. The van der Waals surface area contributed by atoms with Crippen molar-refractivity contribution in [2.24, 2.45) is 0 Å². The van der Waals surface area contributed by atoms with Gasteiger partial charge in [0.2, 0.25) is 0 Å². The van der Waals surface area contributed by atoms with Crippen molar-refractivity contribution in [3.8, 4) is 0 Å². The van der Waals surface area contributed by atoms with Crippen LogP contribution >= 0.6 is 11.6 Å². The maximum absolute atomic E-state index is 15.7. The fourth-order valence-electron chi connectivity index (χ4n) is 3.54. The monoisotopic (exact) mass is 363 g/mol. The SMILES string of the molecule is O=C(CCc1ccc(F)cc1Cl)[C@]1(F)CC[C@@]2(CO2)c2ncccc21. The minimum Gasteiger partial charge on any atom is -0.363 e. The van der Waals surface area contributed by atoms with E-state index in [9.17, 15) is 9.18 Å². The highest BCUT2D eigenvalue weighted by atomic mass is 35.5. The Morgan fingerprint density at radius 1 is 1.32 bits per heavy atom. The summed E-state index contributed by atoms with van der Waals surface area (Å²) < 4.78 is 34.3. The molecule has 2 aromatic rings. The number of nitrogens with zero attached hydrogens (tertiary/aromatic N) is 1. The van der Waals surface area contributed by atoms with Gasteiger partial charge < -0.3 is 4.74 Å². The molecule has 25 heavy (non-hydrogen) atoms. The molecule has 0 bridgehead atoms. The topological polar surface area (TPSA) is 42.5 Å². The molecule has 1 aliphatic heterocycles. The van der Waals surface area contributed by atoms with Gasteiger partial charge in [0.05, 0.1) is 12.3 Å². The maximum atomic E-state index is 15.7. The molecule has 2 aliphatic rings. The molecule has 2 heterocycles. The van der Waals surface area contributed by atoms with Crippen LogP contribution in [-0.2, 0) is 27.2 Å². The van der Waals surface area contributed by atoms with Gasteiger partial charge in [-0.1, -0.05) is 23.7 Å². The number of carbonyl (C=O) groups is 1. The smallest absolute Gasteiger partial charge is 0.195 e. The Bertz CT molecular complexity index is 853. The van der Waals surface area contributed by atoms with Crippen LogP contribution < -0.4 is 0 Å². The van der Waals surface area contributed by atoms with E-state index >= 15 is 4.39 Å². The molecule has 2 atom stereocenters. The lowest BCUT2D eigenvalue weighted by Crippen LogP contribution is -2.39. The molecule has 0 amide bonds. The van der Waals surface area contributed by atoms with Crippen molar-refractivity contribution in [1.29, 1.82) is 0 Å². The molecule has 0 radical (unpaired) electrons. The summed E-state index contributed by atoms with van der Waals surface area (Å²) in [5.41, 5.74) is -1.09. The van der Waals surface area contributed by atoms with Gasteiger partial charge in [0, 0.05) is 23.2 Å². The molecule has 0 unspecified atom stereocenters. The summed E-state index contributed by atoms with van der Waals surface area (Å²) in [6.07, 6.45) is 2.37. The lowest BCUT2D eigenvalue weighted by atomic mass is 9.74. The molecule has 1 fully saturated rings. The number of benzene rings is 1. The number of epoxide rings is 1. The van der Waals surface area contributed by atoms with Crippen molar-refractivity contribution < 1.29 is 18.3 Å². The molecule has 3 nitrogen and oxygen atoms in total. The molecule has 1 aromatic carbocycles. The summed E-state index contributed by atoms with van der Waals surface area (Å²) in [6.45, 7) is 0.520. The zero-order chi connectivity index (χ0) is 17.7. The van der Waals surface area contributed by atoms with Crippen molar-refractivity contribution in [2.75, 3.05) is 6.61 Å². The number of Topliss-reactive ketones (excluding diaryl/α,β-unsaturated/α-hetero) is 1. The zero-order valence-corrected chi connectivity index (χ0v) is 14.2. The van der Waals surface area contributed by atoms with E-state index in [0.29, 0.717) is 29.8 Å². The van der Waals surface area contributed by atoms with Crippen LogP contribution in [-0.4, -0.2) is 17.4 Å². The van der Waals surface area contributed by atoms with Gasteiger partial charge in [-0.2, -0.15) is 0 Å². The number of aromatic nitrogens is 1. The Morgan fingerprint density at radius 3 is 2.84 bits per heavy atom. The maximum Gasteiger partial charge on any atom is 0.195 e. The third-order valence-electron chi connectivity index (χ3n) is 5.11. The summed E-state index contributed by atoms with van der Waals surface area (Å²) in [6, 6.07) is 7.26. The number of ether oxygens (including phenoxy) is 1. The zero-order valence-electron chi connectivity index (χ0n) is 13.4. The van der Waals surface area contributed by atoms with E-state index in [1.807, 2.05) is 0 Å². The Kier molecular flexibility index (Phi) is 3.89. The second-order valence-electron chi connectivity index (χ2n) is 6.64. The number of hydrogen-bond acceptors (Lipinski definition) is 3. The standard InChI is InChI=1S/C19H16ClF2NO2/c20-15-10-13(21)5-3-12(15)4-6-16(24)19(22)8-7-18(11-25-18)17-14(19)2-1-9-23-17/h1-3,5,9-10H,4,6-8,11H2/t18-,19+/m1/s1. The first-order valence-electron chi connectivity index (χ1n) is 8.21. The van der Waals surface area contributed by atoms with Crippen molar-refractivity contribution >= 4 is 17.4 Å². The highest BCUT2D eigenvalue weighted by molar-refractivity contribution is 6.31. The average Bonchev–Trinajstić information content (AvgIpc) is 3.39. The van der Waals surface area contributed by atoms with Gasteiger partial charge in [-0.05, 0) is 43.0 Å². The highest BCUT2D eigenvalue weighted by Gasteiger charge is 2.58. The summed E-state index contributed by atoms with van der Waals surface area (Å²) >= 11 is 5.99. The quantitative estimate of drug-likeness (QED) is 0.762. The molecule has 4 rings (SSSR count). The van der Waals surface area contributed by atoms with E-state index < -0.39 is 22.9 Å². The largest absolute Gasteiger partial charge is 0.363 e. The van der Waals surface area contributed by atoms with Gasteiger partial charge in [-0.3, -0.25) is 9.78 Å². The van der Waals surface area contributed by atoms with Crippen molar-refractivity contribution in [2.45, 2.75) is 37.0 Å². The van der Waals surface area contributed by atoms with Crippen LogP contribution in [0.2, 0.25) is 5.02 Å². The first-order chi connectivity index (χ1) is 11.9. The van der Waals surface area contributed by atoms with Gasteiger partial charge in [0.15, 0.2) is 11.5 Å². The van der Waals surface area contributed by atoms with Gasteiger partial charge >= 0.3 is 0 Å². The first kappa shape index (κ1) is 16.6. The van der Waals surface area contributed by atoms with E-state index in [1.165, 1.54) is 18.2 Å². The fraction of sp³-hybridized carbons (Fsp3) is 0.368.